The largest absolute Gasteiger partial charge is 0.377 e. The molecule has 2 heterocycles. The molecular formula is C17H21N3O3. The molecule has 1 atom stereocenters. The minimum Gasteiger partial charge on any atom is -0.377 e. The maximum atomic E-state index is 12.5. The van der Waals surface area contributed by atoms with E-state index in [9.17, 15) is 4.79 Å². The van der Waals surface area contributed by atoms with Crippen LogP contribution in [0.4, 0.5) is 0 Å². The predicted molar refractivity (Wildman–Crippen MR) is 84.5 cm³/mol. The minimum atomic E-state index is -0.281. The van der Waals surface area contributed by atoms with E-state index in [0.29, 0.717) is 43.8 Å². The summed E-state index contributed by atoms with van der Waals surface area (Å²) in [5.74, 6) is 1.39. The van der Waals surface area contributed by atoms with Crippen LogP contribution in [0.1, 0.15) is 32.1 Å². The Balaban J connectivity index is 1.81. The number of hydrogen-bond donors (Lipinski definition) is 0. The van der Waals surface area contributed by atoms with E-state index >= 15 is 0 Å². The highest BCUT2D eigenvalue weighted by molar-refractivity contribution is 5.77. The molecule has 0 radical (unpaired) electrons. The molecule has 0 aliphatic carbocycles. The van der Waals surface area contributed by atoms with Crippen molar-refractivity contribution in [1.82, 2.24) is 15.0 Å². The van der Waals surface area contributed by atoms with Crippen LogP contribution in [0.3, 0.4) is 0 Å². The smallest absolute Gasteiger partial charge is 0.257 e. The van der Waals surface area contributed by atoms with Crippen LogP contribution in [0.2, 0.25) is 0 Å². The molecule has 1 fully saturated rings. The zero-order valence-electron chi connectivity index (χ0n) is 13.4. The number of carbonyl (C=O) groups is 1. The Morgan fingerprint density at radius 3 is 2.87 bits per heavy atom. The monoisotopic (exact) mass is 315 g/mol. The summed E-state index contributed by atoms with van der Waals surface area (Å²) in [4.78, 5) is 18.7. The van der Waals surface area contributed by atoms with Crippen LogP contribution < -0.4 is 0 Å². The molecule has 1 amide bonds. The average molecular weight is 315 g/mol. The predicted octanol–water partition coefficient (Wildman–Crippen LogP) is 2.68. The SMILES string of the molecule is CC(C)CC(=O)N1CCOCC1c1noc(-c2ccccc2)n1. The van der Waals surface area contributed by atoms with Crippen molar-refractivity contribution < 1.29 is 14.1 Å². The zero-order chi connectivity index (χ0) is 16.2. The Kier molecular flexibility index (Phi) is 4.71. The van der Waals surface area contributed by atoms with Gasteiger partial charge in [-0.1, -0.05) is 37.2 Å². The second kappa shape index (κ2) is 6.91. The lowest BCUT2D eigenvalue weighted by Gasteiger charge is -2.34. The molecule has 0 saturated carbocycles. The number of hydrogen-bond acceptors (Lipinski definition) is 5. The van der Waals surface area contributed by atoms with E-state index in [1.54, 1.807) is 0 Å². The Morgan fingerprint density at radius 1 is 1.35 bits per heavy atom. The van der Waals surface area contributed by atoms with Crippen molar-refractivity contribution in [3.63, 3.8) is 0 Å². The van der Waals surface area contributed by atoms with Gasteiger partial charge in [0, 0.05) is 18.5 Å². The lowest BCUT2D eigenvalue weighted by molar-refractivity contribution is -0.141. The van der Waals surface area contributed by atoms with Crippen LogP contribution in [0.15, 0.2) is 34.9 Å². The maximum absolute atomic E-state index is 12.5. The number of nitrogens with zero attached hydrogens (tertiary/aromatic N) is 3. The van der Waals surface area contributed by atoms with Crippen LogP contribution in [-0.4, -0.2) is 40.7 Å². The number of benzene rings is 1. The fraction of sp³-hybridized carbons (Fsp3) is 0.471. The van der Waals surface area contributed by atoms with Gasteiger partial charge in [0.05, 0.1) is 13.2 Å². The molecular weight excluding hydrogens is 294 g/mol. The summed E-state index contributed by atoms with van der Waals surface area (Å²) in [7, 11) is 0. The molecule has 2 aromatic rings. The molecule has 122 valence electrons. The van der Waals surface area contributed by atoms with Crippen LogP contribution in [0.5, 0.6) is 0 Å². The number of carbonyl (C=O) groups excluding carboxylic acids is 1. The molecule has 0 spiro atoms. The lowest BCUT2D eigenvalue weighted by Crippen LogP contribution is -2.44. The summed E-state index contributed by atoms with van der Waals surface area (Å²) in [5, 5.41) is 4.07. The van der Waals surface area contributed by atoms with Crippen molar-refractivity contribution in [1.29, 1.82) is 0 Å². The van der Waals surface area contributed by atoms with Gasteiger partial charge in [0.25, 0.3) is 5.89 Å². The van der Waals surface area contributed by atoms with Crippen LogP contribution >= 0.6 is 0 Å². The number of rotatable bonds is 4. The van der Waals surface area contributed by atoms with E-state index in [1.165, 1.54) is 0 Å². The molecule has 1 aromatic carbocycles. The lowest BCUT2D eigenvalue weighted by atomic mass is 10.1. The first-order valence-corrected chi connectivity index (χ1v) is 7.91. The van der Waals surface area contributed by atoms with Gasteiger partial charge >= 0.3 is 0 Å². The molecule has 3 rings (SSSR count). The van der Waals surface area contributed by atoms with E-state index < -0.39 is 0 Å². The topological polar surface area (TPSA) is 68.5 Å². The highest BCUT2D eigenvalue weighted by atomic mass is 16.5. The van der Waals surface area contributed by atoms with E-state index in [4.69, 9.17) is 9.26 Å². The van der Waals surface area contributed by atoms with E-state index in [2.05, 4.69) is 10.1 Å². The average Bonchev–Trinajstić information content (AvgIpc) is 3.05. The Labute approximate surface area is 135 Å². The fourth-order valence-corrected chi connectivity index (χ4v) is 2.65. The first-order valence-electron chi connectivity index (χ1n) is 7.91. The molecule has 1 aliphatic rings. The van der Waals surface area contributed by atoms with Gasteiger partial charge in [0.1, 0.15) is 6.04 Å². The standard InChI is InChI=1S/C17H21N3O3/c1-12(2)10-15(21)20-8-9-22-11-14(20)16-18-17(23-19-16)13-6-4-3-5-7-13/h3-7,12,14H,8-11H2,1-2H3. The number of amides is 1. The summed E-state index contributed by atoms with van der Waals surface area (Å²) < 4.78 is 10.9. The molecule has 0 bridgehead atoms. The van der Waals surface area contributed by atoms with Crippen molar-refractivity contribution >= 4 is 5.91 Å². The fourth-order valence-electron chi connectivity index (χ4n) is 2.65. The van der Waals surface area contributed by atoms with Crippen molar-refractivity contribution in [3.8, 4) is 11.5 Å². The van der Waals surface area contributed by atoms with Crippen LogP contribution in [0, 0.1) is 5.92 Å². The van der Waals surface area contributed by atoms with Gasteiger partial charge < -0.3 is 14.2 Å². The Hall–Kier alpha value is -2.21. The summed E-state index contributed by atoms with van der Waals surface area (Å²) in [6.45, 7) is 5.58. The zero-order valence-corrected chi connectivity index (χ0v) is 13.4. The van der Waals surface area contributed by atoms with E-state index in [0.717, 1.165) is 5.56 Å². The van der Waals surface area contributed by atoms with Gasteiger partial charge in [0.2, 0.25) is 5.91 Å². The number of aromatic nitrogens is 2. The second-order valence-corrected chi connectivity index (χ2v) is 6.10. The Morgan fingerprint density at radius 2 is 2.13 bits per heavy atom. The highest BCUT2D eigenvalue weighted by Gasteiger charge is 2.32. The number of ether oxygens (including phenoxy) is 1. The van der Waals surface area contributed by atoms with Crippen LogP contribution in [0.25, 0.3) is 11.5 Å². The van der Waals surface area contributed by atoms with Gasteiger partial charge in [-0.05, 0) is 18.1 Å². The summed E-state index contributed by atoms with van der Waals surface area (Å²) in [6, 6.07) is 9.31. The van der Waals surface area contributed by atoms with Gasteiger partial charge in [-0.2, -0.15) is 4.98 Å². The molecule has 6 nitrogen and oxygen atoms in total. The molecule has 1 saturated heterocycles. The van der Waals surface area contributed by atoms with Crippen molar-refractivity contribution in [2.24, 2.45) is 5.92 Å². The molecule has 1 aliphatic heterocycles. The third-order valence-corrected chi connectivity index (χ3v) is 3.79. The van der Waals surface area contributed by atoms with Gasteiger partial charge in [-0.15, -0.1) is 0 Å². The third-order valence-electron chi connectivity index (χ3n) is 3.79. The normalized spacial score (nSPS) is 18.4. The van der Waals surface area contributed by atoms with Gasteiger partial charge in [-0.25, -0.2) is 0 Å². The van der Waals surface area contributed by atoms with E-state index in [1.807, 2.05) is 49.1 Å². The molecule has 23 heavy (non-hydrogen) atoms. The van der Waals surface area contributed by atoms with Crippen LogP contribution in [-0.2, 0) is 9.53 Å². The first-order chi connectivity index (χ1) is 11.1. The second-order valence-electron chi connectivity index (χ2n) is 6.10. The molecule has 0 N–H and O–H groups in total. The van der Waals surface area contributed by atoms with Crippen molar-refractivity contribution in [3.05, 3.63) is 36.2 Å². The van der Waals surface area contributed by atoms with Crippen molar-refractivity contribution in [2.75, 3.05) is 19.8 Å². The van der Waals surface area contributed by atoms with Crippen molar-refractivity contribution in [2.45, 2.75) is 26.3 Å². The highest BCUT2D eigenvalue weighted by Crippen LogP contribution is 2.26. The van der Waals surface area contributed by atoms with Gasteiger partial charge in [0.15, 0.2) is 5.82 Å². The summed E-state index contributed by atoms with van der Waals surface area (Å²) in [6.07, 6.45) is 0.514. The quantitative estimate of drug-likeness (QED) is 0.867. The molecule has 1 aromatic heterocycles. The maximum Gasteiger partial charge on any atom is 0.257 e. The molecule has 6 heteroatoms. The van der Waals surface area contributed by atoms with E-state index in [-0.39, 0.29) is 11.9 Å². The third kappa shape index (κ3) is 3.59. The first kappa shape index (κ1) is 15.7. The summed E-state index contributed by atoms with van der Waals surface area (Å²) in [5.41, 5.74) is 0.864. The van der Waals surface area contributed by atoms with Gasteiger partial charge in [-0.3, -0.25) is 4.79 Å². The molecule has 1 unspecified atom stereocenters. The number of morpholine rings is 1. The summed E-state index contributed by atoms with van der Waals surface area (Å²) >= 11 is 0. The minimum absolute atomic E-state index is 0.111. The Bertz CT molecular complexity index is 654.